The lowest BCUT2D eigenvalue weighted by Gasteiger charge is -2.14. The van der Waals surface area contributed by atoms with Crippen LogP contribution >= 0.6 is 23.4 Å². The maximum absolute atomic E-state index is 13.0. The van der Waals surface area contributed by atoms with Crippen molar-refractivity contribution in [2.45, 2.75) is 11.1 Å². The average molecular weight is 413 g/mol. The van der Waals surface area contributed by atoms with Crippen molar-refractivity contribution in [3.8, 4) is 5.69 Å². The van der Waals surface area contributed by atoms with Crippen molar-refractivity contribution in [3.63, 3.8) is 0 Å². The Morgan fingerprint density at radius 1 is 1.19 bits per heavy atom. The van der Waals surface area contributed by atoms with E-state index in [-0.39, 0.29) is 17.1 Å². The third kappa shape index (κ3) is 5.01. The molecule has 3 aromatic rings. The van der Waals surface area contributed by atoms with Crippen molar-refractivity contribution >= 4 is 35.0 Å². The molecule has 0 bridgehead atoms. The van der Waals surface area contributed by atoms with E-state index in [1.807, 2.05) is 0 Å². The van der Waals surface area contributed by atoms with Gasteiger partial charge in [-0.15, -0.1) is 11.8 Å². The van der Waals surface area contributed by atoms with Crippen molar-refractivity contribution in [1.29, 1.82) is 0 Å². The lowest BCUT2D eigenvalue weighted by molar-refractivity contribution is -0.137. The van der Waals surface area contributed by atoms with Crippen molar-refractivity contribution in [3.05, 3.63) is 65.7 Å². The first kappa shape index (κ1) is 19.2. The van der Waals surface area contributed by atoms with Crippen LogP contribution in [0, 0.1) is 0 Å². The summed E-state index contributed by atoms with van der Waals surface area (Å²) in [6.45, 7) is 0. The van der Waals surface area contributed by atoms with E-state index >= 15 is 0 Å². The predicted octanol–water partition coefficient (Wildman–Crippen LogP) is 4.67. The van der Waals surface area contributed by atoms with E-state index in [1.54, 1.807) is 24.3 Å². The molecule has 0 aliphatic rings. The van der Waals surface area contributed by atoms with Crippen LogP contribution in [0.3, 0.4) is 0 Å². The van der Waals surface area contributed by atoms with Gasteiger partial charge in [-0.05, 0) is 42.5 Å². The first-order chi connectivity index (χ1) is 12.8. The summed E-state index contributed by atoms with van der Waals surface area (Å²) in [5.74, 6) is -0.426. The molecule has 0 spiro atoms. The Hall–Kier alpha value is -2.52. The van der Waals surface area contributed by atoms with Gasteiger partial charge in [-0.1, -0.05) is 11.6 Å². The van der Waals surface area contributed by atoms with Crippen LogP contribution in [0.15, 0.2) is 60.0 Å². The number of carbonyl (C=O) groups excluding carboxylic acids is 1. The molecule has 0 aliphatic carbocycles. The highest BCUT2D eigenvalue weighted by atomic mass is 35.5. The molecule has 5 nitrogen and oxygen atoms in total. The van der Waals surface area contributed by atoms with Crippen LogP contribution < -0.4 is 5.32 Å². The summed E-state index contributed by atoms with van der Waals surface area (Å²) in [4.78, 5) is 16.8. The van der Waals surface area contributed by atoms with E-state index in [1.165, 1.54) is 35.2 Å². The first-order valence-corrected chi connectivity index (χ1v) is 8.94. The van der Waals surface area contributed by atoms with E-state index in [2.05, 4.69) is 15.4 Å². The molecule has 3 rings (SSSR count). The molecule has 0 fully saturated rings. The smallest absolute Gasteiger partial charge is 0.323 e. The number of benzene rings is 2. The molecule has 0 unspecified atom stereocenters. The van der Waals surface area contributed by atoms with Crippen molar-refractivity contribution < 1.29 is 18.0 Å². The molecule has 10 heteroatoms. The molecule has 0 aliphatic heterocycles. The third-order valence-corrected chi connectivity index (χ3v) is 4.71. The summed E-state index contributed by atoms with van der Waals surface area (Å²) >= 11 is 7.05. The van der Waals surface area contributed by atoms with E-state index < -0.39 is 17.6 Å². The topological polar surface area (TPSA) is 59.8 Å². The highest BCUT2D eigenvalue weighted by molar-refractivity contribution is 8.00. The van der Waals surface area contributed by atoms with Gasteiger partial charge in [-0.25, -0.2) is 9.67 Å². The van der Waals surface area contributed by atoms with Gasteiger partial charge in [0, 0.05) is 9.92 Å². The van der Waals surface area contributed by atoms with Gasteiger partial charge in [0.15, 0.2) is 0 Å². The fourth-order valence-corrected chi connectivity index (χ4v) is 3.04. The second-order valence-corrected chi connectivity index (χ2v) is 6.85. The minimum atomic E-state index is -4.53. The Labute approximate surface area is 161 Å². The molecular formula is C17H12ClF3N4OS. The van der Waals surface area contributed by atoms with Crippen LogP contribution in [0.1, 0.15) is 5.56 Å². The predicted molar refractivity (Wildman–Crippen MR) is 97.2 cm³/mol. The number of nitrogens with zero attached hydrogens (tertiary/aromatic N) is 3. The Kier molecular flexibility index (Phi) is 5.71. The number of nitrogens with one attached hydrogen (secondary N) is 1. The van der Waals surface area contributed by atoms with Crippen molar-refractivity contribution in [2.75, 3.05) is 11.1 Å². The number of alkyl halides is 3. The van der Waals surface area contributed by atoms with Gasteiger partial charge >= 0.3 is 6.18 Å². The zero-order chi connectivity index (χ0) is 19.4. The number of thioether (sulfide) groups is 1. The van der Waals surface area contributed by atoms with Gasteiger partial charge in [0.2, 0.25) is 5.91 Å². The van der Waals surface area contributed by atoms with Crippen LogP contribution in [-0.4, -0.2) is 26.4 Å². The Morgan fingerprint density at radius 3 is 2.56 bits per heavy atom. The fourth-order valence-electron chi connectivity index (χ4n) is 2.21. The van der Waals surface area contributed by atoms with E-state index in [9.17, 15) is 18.0 Å². The van der Waals surface area contributed by atoms with E-state index in [0.29, 0.717) is 5.02 Å². The van der Waals surface area contributed by atoms with Crippen molar-refractivity contribution in [1.82, 2.24) is 14.8 Å². The van der Waals surface area contributed by atoms with Crippen LogP contribution in [0.2, 0.25) is 5.02 Å². The second-order valence-electron chi connectivity index (χ2n) is 5.36. The van der Waals surface area contributed by atoms with Crippen LogP contribution in [-0.2, 0) is 11.0 Å². The minimum Gasteiger partial charge on any atom is -0.323 e. The summed E-state index contributed by atoms with van der Waals surface area (Å²) in [5, 5.41) is 7.00. The number of aromatic nitrogens is 3. The van der Waals surface area contributed by atoms with Gasteiger partial charge in [0.1, 0.15) is 12.7 Å². The summed E-state index contributed by atoms with van der Waals surface area (Å²) in [7, 11) is 0. The number of hydrogen-bond donors (Lipinski definition) is 1. The number of carbonyl (C=O) groups is 1. The Morgan fingerprint density at radius 2 is 1.93 bits per heavy atom. The van der Waals surface area contributed by atoms with Crippen LogP contribution in [0.4, 0.5) is 18.9 Å². The lowest BCUT2D eigenvalue weighted by Crippen LogP contribution is -2.17. The maximum atomic E-state index is 13.0. The molecule has 1 N–H and O–H groups in total. The number of rotatable bonds is 5. The summed E-state index contributed by atoms with van der Waals surface area (Å²) in [6.07, 6.45) is -1.95. The van der Waals surface area contributed by atoms with E-state index in [4.69, 9.17) is 11.6 Å². The van der Waals surface area contributed by atoms with Gasteiger partial charge in [0.25, 0.3) is 0 Å². The lowest BCUT2D eigenvalue weighted by atomic mass is 10.1. The fraction of sp³-hybridized carbons (Fsp3) is 0.118. The minimum absolute atomic E-state index is 0.00275. The van der Waals surface area contributed by atoms with Gasteiger partial charge in [-0.3, -0.25) is 4.79 Å². The second kappa shape index (κ2) is 8.01. The van der Waals surface area contributed by atoms with Crippen LogP contribution in [0.5, 0.6) is 0 Å². The quantitative estimate of drug-likeness (QED) is 0.619. The first-order valence-electron chi connectivity index (χ1n) is 7.57. The molecule has 0 radical (unpaired) electrons. The standard InChI is InChI=1S/C17H12ClF3N4OS/c18-12-2-4-13(5-3-12)27-8-16(26)24-14-7-11(17(19,20)21)1-6-15(14)25-10-22-9-23-25/h1-7,9-10H,8H2,(H,24,26). The molecule has 0 saturated heterocycles. The number of anilines is 1. The van der Waals surface area contributed by atoms with Gasteiger partial charge < -0.3 is 5.32 Å². The molecule has 1 heterocycles. The highest BCUT2D eigenvalue weighted by Crippen LogP contribution is 2.33. The molecule has 140 valence electrons. The normalized spacial score (nSPS) is 11.4. The molecule has 1 amide bonds. The SMILES string of the molecule is O=C(CSc1ccc(Cl)cc1)Nc1cc(C(F)(F)F)ccc1-n1cncn1. The largest absolute Gasteiger partial charge is 0.416 e. The van der Waals surface area contributed by atoms with Gasteiger partial charge in [-0.2, -0.15) is 18.3 Å². The molecule has 0 saturated carbocycles. The summed E-state index contributed by atoms with van der Waals surface area (Å²) in [5.41, 5.74) is -0.589. The summed E-state index contributed by atoms with van der Waals surface area (Å²) < 4.78 is 40.3. The monoisotopic (exact) mass is 412 g/mol. The zero-order valence-electron chi connectivity index (χ0n) is 13.6. The number of hydrogen-bond acceptors (Lipinski definition) is 4. The van der Waals surface area contributed by atoms with E-state index in [0.717, 1.165) is 17.0 Å². The highest BCUT2D eigenvalue weighted by Gasteiger charge is 2.31. The Balaban J connectivity index is 1.79. The van der Waals surface area contributed by atoms with Crippen molar-refractivity contribution in [2.24, 2.45) is 0 Å². The number of halogens is 4. The average Bonchev–Trinajstić information content (AvgIpc) is 3.15. The third-order valence-electron chi connectivity index (χ3n) is 3.45. The molecule has 2 aromatic carbocycles. The maximum Gasteiger partial charge on any atom is 0.416 e. The zero-order valence-corrected chi connectivity index (χ0v) is 15.1. The van der Waals surface area contributed by atoms with Gasteiger partial charge in [0.05, 0.1) is 22.7 Å². The molecular weight excluding hydrogens is 401 g/mol. The molecule has 0 atom stereocenters. The number of amides is 1. The Bertz CT molecular complexity index is 930. The molecule has 27 heavy (non-hydrogen) atoms. The molecule has 1 aromatic heterocycles. The summed E-state index contributed by atoms with van der Waals surface area (Å²) in [6, 6.07) is 9.93. The van der Waals surface area contributed by atoms with Crippen LogP contribution in [0.25, 0.3) is 5.69 Å².